The van der Waals surface area contributed by atoms with Crippen LogP contribution in [0.15, 0.2) is 28.7 Å². The summed E-state index contributed by atoms with van der Waals surface area (Å²) < 4.78 is 5.20. The number of carbonyl (C=O) groups is 1. The molecular weight excluding hydrogens is 204 g/mol. The fourth-order valence-corrected chi connectivity index (χ4v) is 1.71. The minimum absolute atomic E-state index is 0.00342. The maximum Gasteiger partial charge on any atom is 0.371 e. The van der Waals surface area contributed by atoms with Gasteiger partial charge in [-0.15, -0.1) is 0 Å². The van der Waals surface area contributed by atoms with Gasteiger partial charge in [0.25, 0.3) is 0 Å². The van der Waals surface area contributed by atoms with Crippen LogP contribution in [0.5, 0.6) is 0 Å². The van der Waals surface area contributed by atoms with Crippen LogP contribution in [-0.4, -0.2) is 11.1 Å². The Morgan fingerprint density at radius 3 is 2.81 bits per heavy atom. The lowest BCUT2D eigenvalue weighted by molar-refractivity contribution is 0.0665. The molecule has 1 heterocycles. The van der Waals surface area contributed by atoms with E-state index in [0.717, 1.165) is 11.8 Å². The van der Waals surface area contributed by atoms with Crippen molar-refractivity contribution in [3.05, 3.63) is 35.6 Å². The molecule has 1 aromatic carbocycles. The van der Waals surface area contributed by atoms with Crippen LogP contribution >= 0.6 is 0 Å². The molecule has 84 valence electrons. The van der Waals surface area contributed by atoms with Crippen LogP contribution in [-0.2, 0) is 0 Å². The van der Waals surface area contributed by atoms with Gasteiger partial charge in [0.05, 0.1) is 0 Å². The lowest BCUT2D eigenvalue weighted by Crippen LogP contribution is -1.91. The van der Waals surface area contributed by atoms with Crippen molar-refractivity contribution >= 4 is 16.9 Å². The molecule has 0 saturated carbocycles. The first-order valence-electron chi connectivity index (χ1n) is 5.38. The van der Waals surface area contributed by atoms with E-state index < -0.39 is 5.97 Å². The molecule has 1 atom stereocenters. The van der Waals surface area contributed by atoms with Gasteiger partial charge in [-0.3, -0.25) is 0 Å². The lowest BCUT2D eigenvalue weighted by Gasteiger charge is -2.07. The largest absolute Gasteiger partial charge is 0.475 e. The summed E-state index contributed by atoms with van der Waals surface area (Å²) in [5.74, 6) is -0.551. The molecule has 0 amide bonds. The van der Waals surface area contributed by atoms with E-state index in [4.69, 9.17) is 9.52 Å². The molecule has 16 heavy (non-hydrogen) atoms. The molecule has 0 unspecified atom stereocenters. The van der Waals surface area contributed by atoms with Crippen LogP contribution in [0.3, 0.4) is 0 Å². The number of rotatable bonds is 3. The predicted octanol–water partition coefficient (Wildman–Crippen LogP) is 3.64. The van der Waals surface area contributed by atoms with Crippen molar-refractivity contribution in [1.82, 2.24) is 0 Å². The number of aromatic carboxylic acids is 1. The maximum atomic E-state index is 10.8. The summed E-state index contributed by atoms with van der Waals surface area (Å²) in [6.07, 6.45) is 1.06. The van der Waals surface area contributed by atoms with Crippen LogP contribution in [0.1, 0.15) is 42.3 Å². The number of furan rings is 1. The zero-order valence-corrected chi connectivity index (χ0v) is 9.36. The van der Waals surface area contributed by atoms with Crippen molar-refractivity contribution in [3.8, 4) is 0 Å². The molecule has 0 radical (unpaired) electrons. The van der Waals surface area contributed by atoms with Crippen LogP contribution in [0.2, 0.25) is 0 Å². The third kappa shape index (κ3) is 1.81. The van der Waals surface area contributed by atoms with Crippen LogP contribution in [0, 0.1) is 0 Å². The Morgan fingerprint density at radius 2 is 2.19 bits per heavy atom. The van der Waals surface area contributed by atoms with Gasteiger partial charge in [0.15, 0.2) is 0 Å². The number of carboxylic acid groups (broad SMARTS) is 1. The molecule has 0 aliphatic rings. The van der Waals surface area contributed by atoms with Crippen molar-refractivity contribution < 1.29 is 14.3 Å². The van der Waals surface area contributed by atoms with Crippen LogP contribution in [0.25, 0.3) is 11.0 Å². The summed E-state index contributed by atoms with van der Waals surface area (Å²) in [7, 11) is 0. The van der Waals surface area contributed by atoms with Gasteiger partial charge in [-0.25, -0.2) is 4.79 Å². The van der Waals surface area contributed by atoms with E-state index in [1.54, 1.807) is 6.07 Å². The number of hydrogen-bond donors (Lipinski definition) is 1. The minimum Gasteiger partial charge on any atom is -0.475 e. The Balaban J connectivity index is 2.49. The van der Waals surface area contributed by atoms with Gasteiger partial charge in [0.1, 0.15) is 5.58 Å². The third-order valence-electron chi connectivity index (χ3n) is 2.93. The highest BCUT2D eigenvalue weighted by Crippen LogP contribution is 2.25. The molecule has 1 N–H and O–H groups in total. The fraction of sp³-hybridized carbons (Fsp3) is 0.308. The zero-order chi connectivity index (χ0) is 11.7. The Kier molecular flexibility index (Phi) is 2.69. The van der Waals surface area contributed by atoms with Gasteiger partial charge in [-0.1, -0.05) is 19.9 Å². The van der Waals surface area contributed by atoms with Crippen molar-refractivity contribution in [3.63, 3.8) is 0 Å². The first-order valence-corrected chi connectivity index (χ1v) is 5.38. The molecule has 0 fully saturated rings. The van der Waals surface area contributed by atoms with E-state index in [1.165, 1.54) is 5.56 Å². The van der Waals surface area contributed by atoms with E-state index in [-0.39, 0.29) is 5.76 Å². The molecule has 0 saturated heterocycles. The van der Waals surface area contributed by atoms with Gasteiger partial charge >= 0.3 is 5.97 Å². The second-order valence-corrected chi connectivity index (χ2v) is 4.02. The summed E-state index contributed by atoms with van der Waals surface area (Å²) in [5, 5.41) is 9.67. The molecule has 0 aliphatic heterocycles. The van der Waals surface area contributed by atoms with Gasteiger partial charge in [0, 0.05) is 5.39 Å². The predicted molar refractivity (Wildman–Crippen MR) is 61.9 cm³/mol. The minimum atomic E-state index is -1.03. The lowest BCUT2D eigenvalue weighted by atomic mass is 9.98. The fourth-order valence-electron chi connectivity index (χ4n) is 1.71. The standard InChI is InChI=1S/C13H14O3/c1-3-8(2)9-4-5-11-10(6-9)7-12(16-11)13(14)15/h4-8H,3H2,1-2H3,(H,14,15)/t8-/m1/s1. The highest BCUT2D eigenvalue weighted by Gasteiger charge is 2.11. The number of benzene rings is 1. The molecule has 0 aliphatic carbocycles. The molecule has 2 rings (SSSR count). The number of hydrogen-bond acceptors (Lipinski definition) is 2. The first kappa shape index (κ1) is 10.7. The smallest absolute Gasteiger partial charge is 0.371 e. The molecule has 3 heteroatoms. The van der Waals surface area contributed by atoms with Crippen LogP contribution < -0.4 is 0 Å². The molecule has 3 nitrogen and oxygen atoms in total. The van der Waals surface area contributed by atoms with Gasteiger partial charge in [-0.05, 0) is 36.1 Å². The van der Waals surface area contributed by atoms with E-state index in [1.807, 2.05) is 18.2 Å². The number of carboxylic acids is 1. The van der Waals surface area contributed by atoms with E-state index >= 15 is 0 Å². The van der Waals surface area contributed by atoms with Gasteiger partial charge in [-0.2, -0.15) is 0 Å². The molecule has 0 spiro atoms. The number of fused-ring (bicyclic) bond motifs is 1. The monoisotopic (exact) mass is 218 g/mol. The highest BCUT2D eigenvalue weighted by atomic mass is 16.4. The Hall–Kier alpha value is -1.77. The molecule has 1 aromatic heterocycles. The zero-order valence-electron chi connectivity index (χ0n) is 9.36. The average Bonchev–Trinajstić information content (AvgIpc) is 2.70. The van der Waals surface area contributed by atoms with E-state index in [9.17, 15) is 4.79 Å². The van der Waals surface area contributed by atoms with Crippen LogP contribution in [0.4, 0.5) is 0 Å². The SMILES string of the molecule is CC[C@@H](C)c1ccc2oc(C(=O)O)cc2c1. The summed E-state index contributed by atoms with van der Waals surface area (Å²) in [5.41, 5.74) is 1.84. The summed E-state index contributed by atoms with van der Waals surface area (Å²) in [4.78, 5) is 10.8. The quantitative estimate of drug-likeness (QED) is 0.855. The van der Waals surface area contributed by atoms with Crippen molar-refractivity contribution in [2.75, 3.05) is 0 Å². The Morgan fingerprint density at radius 1 is 1.44 bits per heavy atom. The van der Waals surface area contributed by atoms with Crippen molar-refractivity contribution in [1.29, 1.82) is 0 Å². The van der Waals surface area contributed by atoms with Gasteiger partial charge in [0.2, 0.25) is 5.76 Å². The summed E-state index contributed by atoms with van der Waals surface area (Å²) >= 11 is 0. The van der Waals surface area contributed by atoms with E-state index in [0.29, 0.717) is 11.5 Å². The molecule has 0 bridgehead atoms. The maximum absolute atomic E-state index is 10.8. The summed E-state index contributed by atoms with van der Waals surface area (Å²) in [6, 6.07) is 7.40. The second kappa shape index (κ2) is 4.00. The molecule has 2 aromatic rings. The van der Waals surface area contributed by atoms with Gasteiger partial charge < -0.3 is 9.52 Å². The average molecular weight is 218 g/mol. The third-order valence-corrected chi connectivity index (χ3v) is 2.93. The molecular formula is C13H14O3. The van der Waals surface area contributed by atoms with Crippen molar-refractivity contribution in [2.45, 2.75) is 26.2 Å². The normalized spacial score (nSPS) is 12.9. The van der Waals surface area contributed by atoms with Crippen molar-refractivity contribution in [2.24, 2.45) is 0 Å². The van der Waals surface area contributed by atoms with E-state index in [2.05, 4.69) is 13.8 Å². The topological polar surface area (TPSA) is 50.4 Å². The summed E-state index contributed by atoms with van der Waals surface area (Å²) in [6.45, 7) is 4.28. The highest BCUT2D eigenvalue weighted by molar-refractivity contribution is 5.91. The first-order chi connectivity index (χ1) is 7.61. The second-order valence-electron chi connectivity index (χ2n) is 4.02. The Bertz CT molecular complexity index is 525. The Labute approximate surface area is 93.7 Å².